The molecule has 0 heterocycles. The molecule has 0 unspecified atom stereocenters. The first-order valence-electron chi connectivity index (χ1n) is 13.6. The minimum absolute atomic E-state index is 0. The maximum atomic E-state index is 13.4. The van der Waals surface area contributed by atoms with E-state index >= 15 is 0 Å². The smallest absolute Gasteiger partial charge is 0.308 e. The number of halogens is 2. The molecule has 13 nitrogen and oxygen atoms in total. The van der Waals surface area contributed by atoms with Gasteiger partial charge in [-0.2, -0.15) is 0 Å². The van der Waals surface area contributed by atoms with Gasteiger partial charge in [0, 0.05) is 57.6 Å². The van der Waals surface area contributed by atoms with Crippen molar-refractivity contribution >= 4 is 53.7 Å². The molecule has 15 heteroatoms. The molecule has 45 heavy (non-hydrogen) atoms. The highest BCUT2D eigenvalue weighted by molar-refractivity contribution is 6.33. The number of rotatable bonds is 13. The summed E-state index contributed by atoms with van der Waals surface area (Å²) in [7, 11) is 0. The van der Waals surface area contributed by atoms with Gasteiger partial charge in [-0.05, 0) is 48.5 Å². The number of esters is 1. The Morgan fingerprint density at radius 3 is 1.42 bits per heavy atom. The number of phenolic OH excluding ortho intramolecular Hbond substituents is 3. The number of fused-ring (bicyclic) bond motifs is 2. The Hall–Kier alpha value is -4.11. The standard InChI is InChI=1S/C22H28N4O6.C8H8O3.2ClH/c27-11-9-23-5-7-25-13-1-2-14(26-8-6-24-10-12-28)18-17(13)21(31)19-15(29)3-4-16(30)20(19)22(18)32;1-6(9)11-8-4-2-7(10)3-5-8;;/h1-4,23-30H,5-12H2;2-5,10H,1H3;2*1H. The Morgan fingerprint density at radius 2 is 1.04 bits per heavy atom. The van der Waals surface area contributed by atoms with E-state index in [1.165, 1.54) is 43.3 Å². The highest BCUT2D eigenvalue weighted by atomic mass is 35.5. The second-order valence-electron chi connectivity index (χ2n) is 9.31. The molecule has 3 aromatic carbocycles. The number of aromatic hydroxyl groups is 3. The van der Waals surface area contributed by atoms with E-state index in [-0.39, 0.29) is 83.5 Å². The van der Waals surface area contributed by atoms with Crippen molar-refractivity contribution in [3.8, 4) is 23.0 Å². The molecule has 0 aromatic heterocycles. The van der Waals surface area contributed by atoms with E-state index < -0.39 is 11.6 Å². The van der Waals surface area contributed by atoms with Crippen LogP contribution in [0.25, 0.3) is 0 Å². The molecule has 1 aliphatic carbocycles. The Bertz CT molecular complexity index is 1360. The van der Waals surface area contributed by atoms with Crippen LogP contribution >= 0.6 is 24.8 Å². The van der Waals surface area contributed by atoms with Gasteiger partial charge in [0.05, 0.1) is 35.5 Å². The number of carbonyl (C=O) groups excluding carboxylic acids is 3. The topological polar surface area (TPSA) is 210 Å². The molecule has 4 rings (SSSR count). The number of aliphatic hydroxyl groups excluding tert-OH is 2. The summed E-state index contributed by atoms with van der Waals surface area (Å²) in [6.45, 7) is 4.14. The van der Waals surface area contributed by atoms with Gasteiger partial charge in [0.2, 0.25) is 11.6 Å². The number of nitrogens with one attached hydrogen (secondary N) is 4. The van der Waals surface area contributed by atoms with E-state index in [1.54, 1.807) is 12.1 Å². The predicted molar refractivity (Wildman–Crippen MR) is 174 cm³/mol. The number of hydrogen-bond donors (Lipinski definition) is 9. The number of ketones is 2. The summed E-state index contributed by atoms with van der Waals surface area (Å²) in [5.74, 6) is -1.63. The summed E-state index contributed by atoms with van der Waals surface area (Å²) in [6.07, 6.45) is 0. The largest absolute Gasteiger partial charge is 0.508 e. The predicted octanol–water partition coefficient (Wildman–Crippen LogP) is 2.02. The summed E-state index contributed by atoms with van der Waals surface area (Å²) >= 11 is 0. The number of carbonyl (C=O) groups is 3. The van der Waals surface area contributed by atoms with Crippen LogP contribution in [0.1, 0.15) is 38.8 Å². The lowest BCUT2D eigenvalue weighted by Crippen LogP contribution is -2.28. The van der Waals surface area contributed by atoms with Crippen LogP contribution in [0, 0.1) is 0 Å². The van der Waals surface area contributed by atoms with Gasteiger partial charge in [-0.3, -0.25) is 14.4 Å². The van der Waals surface area contributed by atoms with Crippen LogP contribution in [0.5, 0.6) is 23.0 Å². The Labute approximate surface area is 272 Å². The van der Waals surface area contributed by atoms with Gasteiger partial charge in [0.25, 0.3) is 0 Å². The Morgan fingerprint density at radius 1 is 0.622 bits per heavy atom. The number of anilines is 2. The molecule has 0 saturated heterocycles. The summed E-state index contributed by atoms with van der Waals surface area (Å²) in [5.41, 5.74) is 0.678. The highest BCUT2D eigenvalue weighted by Crippen LogP contribution is 2.42. The SMILES string of the molecule is CC(=O)Oc1ccc(O)cc1.Cl.Cl.O=C1c2c(O)ccc(O)c2C(=O)c2c(NCCNCCO)ccc(NCCNCCO)c21. The van der Waals surface area contributed by atoms with Crippen LogP contribution in [0.3, 0.4) is 0 Å². The van der Waals surface area contributed by atoms with Crippen LogP contribution in [0.4, 0.5) is 11.4 Å². The van der Waals surface area contributed by atoms with Crippen molar-refractivity contribution in [2.45, 2.75) is 6.92 Å². The third-order valence-corrected chi connectivity index (χ3v) is 6.18. The van der Waals surface area contributed by atoms with Crippen molar-refractivity contribution in [3.05, 3.63) is 70.8 Å². The molecule has 1 aliphatic rings. The van der Waals surface area contributed by atoms with Crippen molar-refractivity contribution in [1.82, 2.24) is 10.6 Å². The average Bonchev–Trinajstić information content (AvgIpc) is 2.98. The van der Waals surface area contributed by atoms with Crippen LogP contribution in [0.2, 0.25) is 0 Å². The fraction of sp³-hybridized carbons (Fsp3) is 0.300. The van der Waals surface area contributed by atoms with Gasteiger partial charge in [-0.15, -0.1) is 24.8 Å². The second kappa shape index (κ2) is 19.3. The van der Waals surface area contributed by atoms with Crippen LogP contribution in [-0.2, 0) is 4.79 Å². The van der Waals surface area contributed by atoms with Crippen LogP contribution in [0.15, 0.2) is 48.5 Å². The lowest BCUT2D eigenvalue weighted by atomic mass is 9.81. The molecule has 0 amide bonds. The minimum Gasteiger partial charge on any atom is -0.508 e. The lowest BCUT2D eigenvalue weighted by Gasteiger charge is -2.25. The van der Waals surface area contributed by atoms with Crippen LogP contribution < -0.4 is 26.0 Å². The van der Waals surface area contributed by atoms with Crippen molar-refractivity contribution in [3.63, 3.8) is 0 Å². The van der Waals surface area contributed by atoms with E-state index in [4.69, 9.17) is 20.1 Å². The van der Waals surface area contributed by atoms with Gasteiger partial charge < -0.3 is 51.5 Å². The first kappa shape index (κ1) is 38.9. The lowest BCUT2D eigenvalue weighted by molar-refractivity contribution is -0.131. The molecule has 0 radical (unpaired) electrons. The van der Waals surface area contributed by atoms with E-state index in [0.717, 1.165) is 0 Å². The summed E-state index contributed by atoms with van der Waals surface area (Å²) in [5, 5.41) is 59.4. The highest BCUT2D eigenvalue weighted by Gasteiger charge is 2.37. The van der Waals surface area contributed by atoms with Crippen molar-refractivity contribution in [2.75, 3.05) is 63.1 Å². The fourth-order valence-corrected chi connectivity index (χ4v) is 4.32. The minimum atomic E-state index is -0.559. The van der Waals surface area contributed by atoms with Gasteiger partial charge in [0.15, 0.2) is 0 Å². The number of aliphatic hydroxyl groups is 2. The normalized spacial score (nSPS) is 11.1. The maximum absolute atomic E-state index is 13.4. The van der Waals surface area contributed by atoms with E-state index in [2.05, 4.69) is 21.3 Å². The Balaban J connectivity index is 0.000000661. The number of benzene rings is 3. The number of hydrogen-bond acceptors (Lipinski definition) is 13. The zero-order valence-corrected chi connectivity index (χ0v) is 26.1. The molecule has 9 N–H and O–H groups in total. The average molecular weight is 670 g/mol. The molecule has 0 aliphatic heterocycles. The third kappa shape index (κ3) is 10.5. The van der Waals surface area contributed by atoms with Crippen molar-refractivity contribution in [2.24, 2.45) is 0 Å². The summed E-state index contributed by atoms with van der Waals surface area (Å²) < 4.78 is 4.72. The fourth-order valence-electron chi connectivity index (χ4n) is 4.32. The molecule has 246 valence electrons. The quantitative estimate of drug-likeness (QED) is 0.0433. The zero-order valence-electron chi connectivity index (χ0n) is 24.5. The molecule has 0 bridgehead atoms. The molecular formula is C30H38Cl2N4O9. The molecule has 0 fully saturated rings. The first-order valence-corrected chi connectivity index (χ1v) is 13.6. The third-order valence-electron chi connectivity index (χ3n) is 6.18. The molecule has 0 atom stereocenters. The molecule has 0 spiro atoms. The van der Waals surface area contributed by atoms with Crippen LogP contribution in [-0.4, -0.2) is 95.6 Å². The zero-order chi connectivity index (χ0) is 31.4. The van der Waals surface area contributed by atoms with Gasteiger partial charge in [-0.1, -0.05) is 0 Å². The first-order chi connectivity index (χ1) is 20.7. The van der Waals surface area contributed by atoms with Gasteiger partial charge in [0.1, 0.15) is 23.0 Å². The Kier molecular flexibility index (Phi) is 16.7. The molecule has 3 aromatic rings. The number of ether oxygens (including phenoxy) is 1. The second-order valence-corrected chi connectivity index (χ2v) is 9.31. The summed E-state index contributed by atoms with van der Waals surface area (Å²) in [4.78, 5) is 37.2. The van der Waals surface area contributed by atoms with E-state index in [9.17, 15) is 24.6 Å². The molecular weight excluding hydrogens is 631 g/mol. The van der Waals surface area contributed by atoms with Crippen molar-refractivity contribution < 1.29 is 44.7 Å². The van der Waals surface area contributed by atoms with Crippen molar-refractivity contribution in [1.29, 1.82) is 0 Å². The maximum Gasteiger partial charge on any atom is 0.308 e. The molecule has 0 saturated carbocycles. The summed E-state index contributed by atoms with van der Waals surface area (Å²) in [6, 6.07) is 11.7. The van der Waals surface area contributed by atoms with E-state index in [0.29, 0.717) is 56.4 Å². The number of phenols is 3. The monoisotopic (exact) mass is 668 g/mol. The van der Waals surface area contributed by atoms with E-state index in [1.807, 2.05) is 0 Å². The van der Waals surface area contributed by atoms with Gasteiger partial charge in [-0.25, -0.2) is 0 Å². The van der Waals surface area contributed by atoms with Gasteiger partial charge >= 0.3 is 5.97 Å².